The van der Waals surface area contributed by atoms with Crippen LogP contribution >= 0.6 is 0 Å². The van der Waals surface area contributed by atoms with E-state index in [4.69, 9.17) is 9.47 Å². The molecule has 1 aliphatic heterocycles. The largest absolute Gasteiger partial charge is 0.353 e. The average Bonchev–Trinajstić information content (AvgIpc) is 2.61. The van der Waals surface area contributed by atoms with Crippen LogP contribution in [0.3, 0.4) is 0 Å². The molecule has 1 unspecified atom stereocenters. The van der Waals surface area contributed by atoms with Gasteiger partial charge >= 0.3 is 0 Å². The maximum absolute atomic E-state index is 5.60. The molecule has 0 aromatic rings. The van der Waals surface area contributed by atoms with E-state index < -0.39 is 0 Å². The molecule has 0 amide bonds. The van der Waals surface area contributed by atoms with E-state index in [1.807, 2.05) is 13.8 Å². The van der Waals surface area contributed by atoms with Gasteiger partial charge in [-0.15, -0.1) is 0 Å². The molecule has 0 radical (unpaired) electrons. The van der Waals surface area contributed by atoms with E-state index in [1.165, 1.54) is 38.8 Å². The second-order valence-electron chi connectivity index (χ2n) is 5.18. The predicted molar refractivity (Wildman–Crippen MR) is 75.7 cm³/mol. The molecule has 0 aromatic carbocycles. The van der Waals surface area contributed by atoms with Gasteiger partial charge in [-0.3, -0.25) is 0 Å². The zero-order valence-corrected chi connectivity index (χ0v) is 12.5. The Kier molecular flexibility index (Phi) is 8.64. The summed E-state index contributed by atoms with van der Waals surface area (Å²) in [6.07, 6.45) is 6.46. The van der Waals surface area contributed by atoms with Crippen molar-refractivity contribution in [3.63, 3.8) is 0 Å². The number of ether oxygens (including phenoxy) is 2. The van der Waals surface area contributed by atoms with Gasteiger partial charge in [0.1, 0.15) is 0 Å². The number of hydrogen-bond acceptors (Lipinski definition) is 3. The third-order valence-corrected chi connectivity index (χ3v) is 3.90. The van der Waals surface area contributed by atoms with Gasteiger partial charge in [0.15, 0.2) is 6.29 Å². The Morgan fingerprint density at radius 3 is 2.39 bits per heavy atom. The highest BCUT2D eigenvalue weighted by Gasteiger charge is 2.17. The van der Waals surface area contributed by atoms with Gasteiger partial charge < -0.3 is 14.4 Å². The van der Waals surface area contributed by atoms with Gasteiger partial charge in [-0.2, -0.15) is 0 Å². The molecule has 0 saturated carbocycles. The summed E-state index contributed by atoms with van der Waals surface area (Å²) in [5, 5.41) is 0. The molecule has 1 fully saturated rings. The minimum absolute atomic E-state index is 0.00905. The summed E-state index contributed by atoms with van der Waals surface area (Å²) in [6, 6.07) is 0. The van der Waals surface area contributed by atoms with E-state index in [0.29, 0.717) is 0 Å². The van der Waals surface area contributed by atoms with Gasteiger partial charge in [0.25, 0.3) is 0 Å². The Hall–Kier alpha value is -0.120. The number of likely N-dealkylation sites (tertiary alicyclic amines) is 1. The molecule has 18 heavy (non-hydrogen) atoms. The van der Waals surface area contributed by atoms with E-state index in [0.717, 1.165) is 32.1 Å². The molecule has 1 aliphatic rings. The van der Waals surface area contributed by atoms with Crippen LogP contribution in [-0.4, -0.2) is 44.0 Å². The zero-order valence-electron chi connectivity index (χ0n) is 12.5. The van der Waals surface area contributed by atoms with Crippen molar-refractivity contribution in [2.75, 3.05) is 32.8 Å². The summed E-state index contributed by atoms with van der Waals surface area (Å²) in [5.74, 6) is 0.949. The Morgan fingerprint density at radius 1 is 1.06 bits per heavy atom. The minimum Gasteiger partial charge on any atom is -0.353 e. The van der Waals surface area contributed by atoms with Crippen LogP contribution in [0.5, 0.6) is 0 Å². The quantitative estimate of drug-likeness (QED) is 0.623. The van der Waals surface area contributed by atoms with Gasteiger partial charge in [0, 0.05) is 26.2 Å². The summed E-state index contributed by atoms with van der Waals surface area (Å²) in [5.41, 5.74) is 0. The smallest absolute Gasteiger partial charge is 0.158 e. The Bertz CT molecular complexity index is 193. The molecule has 108 valence electrons. The van der Waals surface area contributed by atoms with Crippen LogP contribution in [0, 0.1) is 5.92 Å². The highest BCUT2D eigenvalue weighted by Crippen LogP contribution is 2.20. The van der Waals surface area contributed by atoms with Crippen molar-refractivity contribution in [1.29, 1.82) is 0 Å². The first-order valence-corrected chi connectivity index (χ1v) is 7.75. The monoisotopic (exact) mass is 257 g/mol. The van der Waals surface area contributed by atoms with Crippen LogP contribution in [0.1, 0.15) is 52.9 Å². The molecular formula is C15H31NO2. The second-order valence-corrected chi connectivity index (χ2v) is 5.18. The summed E-state index contributed by atoms with van der Waals surface area (Å²) in [7, 11) is 0. The summed E-state index contributed by atoms with van der Waals surface area (Å²) in [6.45, 7) is 11.5. The molecule has 1 atom stereocenters. The third kappa shape index (κ3) is 6.17. The summed E-state index contributed by atoms with van der Waals surface area (Å²) in [4.78, 5) is 2.58. The fourth-order valence-corrected chi connectivity index (χ4v) is 2.73. The molecule has 0 aliphatic carbocycles. The number of rotatable bonds is 8. The average molecular weight is 257 g/mol. The predicted octanol–water partition coefficient (Wildman–Crippen LogP) is 3.29. The van der Waals surface area contributed by atoms with Gasteiger partial charge in [0.05, 0.1) is 0 Å². The van der Waals surface area contributed by atoms with Crippen molar-refractivity contribution >= 4 is 0 Å². The molecule has 0 spiro atoms. The van der Waals surface area contributed by atoms with Crippen LogP contribution < -0.4 is 0 Å². The minimum atomic E-state index is -0.00905. The van der Waals surface area contributed by atoms with Gasteiger partial charge in [-0.05, 0) is 52.1 Å². The fraction of sp³-hybridized carbons (Fsp3) is 1.00. The van der Waals surface area contributed by atoms with Crippen LogP contribution in [-0.2, 0) is 9.47 Å². The molecule has 1 saturated heterocycles. The van der Waals surface area contributed by atoms with E-state index in [2.05, 4.69) is 11.8 Å². The lowest BCUT2D eigenvalue weighted by atomic mass is 9.98. The van der Waals surface area contributed by atoms with Crippen molar-refractivity contribution in [3.8, 4) is 0 Å². The van der Waals surface area contributed by atoms with Crippen molar-refractivity contribution in [2.45, 2.75) is 59.2 Å². The first-order valence-electron chi connectivity index (χ1n) is 7.75. The van der Waals surface area contributed by atoms with Crippen molar-refractivity contribution < 1.29 is 9.47 Å². The lowest BCUT2D eigenvalue weighted by Crippen LogP contribution is -2.30. The van der Waals surface area contributed by atoms with Crippen molar-refractivity contribution in [2.24, 2.45) is 5.92 Å². The Morgan fingerprint density at radius 2 is 1.78 bits per heavy atom. The summed E-state index contributed by atoms with van der Waals surface area (Å²) < 4.78 is 11.2. The van der Waals surface area contributed by atoms with E-state index in [-0.39, 0.29) is 6.29 Å². The Balaban J connectivity index is 2.24. The number of nitrogens with zero attached hydrogens (tertiary/aromatic N) is 1. The zero-order chi connectivity index (χ0) is 13.2. The molecule has 3 nitrogen and oxygen atoms in total. The van der Waals surface area contributed by atoms with Crippen molar-refractivity contribution in [1.82, 2.24) is 4.90 Å². The number of hydrogen-bond donors (Lipinski definition) is 0. The van der Waals surface area contributed by atoms with Gasteiger partial charge in [0.2, 0.25) is 0 Å². The summed E-state index contributed by atoms with van der Waals surface area (Å²) >= 11 is 0. The molecular weight excluding hydrogens is 226 g/mol. The van der Waals surface area contributed by atoms with E-state index in [1.54, 1.807) is 0 Å². The standard InChI is InChI=1S/C15H31NO2/c1-4-14-8-7-11-16(12-9-14)13-10-15(17-5-2)18-6-3/h14-15H,4-13H2,1-3H3. The Labute approximate surface area is 113 Å². The molecule has 0 aromatic heterocycles. The van der Waals surface area contributed by atoms with E-state index >= 15 is 0 Å². The van der Waals surface area contributed by atoms with Gasteiger partial charge in [-0.25, -0.2) is 0 Å². The highest BCUT2D eigenvalue weighted by molar-refractivity contribution is 4.69. The highest BCUT2D eigenvalue weighted by atomic mass is 16.7. The molecule has 0 N–H and O–H groups in total. The topological polar surface area (TPSA) is 21.7 Å². The van der Waals surface area contributed by atoms with Crippen LogP contribution in [0.4, 0.5) is 0 Å². The SMILES string of the molecule is CCOC(CCN1CCCC(CC)CC1)OCC. The van der Waals surface area contributed by atoms with Gasteiger partial charge in [-0.1, -0.05) is 13.3 Å². The molecule has 0 bridgehead atoms. The fourth-order valence-electron chi connectivity index (χ4n) is 2.73. The first-order chi connectivity index (χ1) is 8.80. The molecule has 3 heteroatoms. The van der Waals surface area contributed by atoms with Crippen molar-refractivity contribution in [3.05, 3.63) is 0 Å². The maximum atomic E-state index is 5.60. The van der Waals surface area contributed by atoms with Crippen LogP contribution in [0.25, 0.3) is 0 Å². The normalized spacial score (nSPS) is 22.3. The molecule has 1 heterocycles. The first kappa shape index (κ1) is 15.9. The lowest BCUT2D eigenvalue weighted by Gasteiger charge is -2.23. The van der Waals surface area contributed by atoms with E-state index in [9.17, 15) is 0 Å². The molecule has 1 rings (SSSR count). The van der Waals surface area contributed by atoms with Crippen LogP contribution in [0.2, 0.25) is 0 Å². The third-order valence-electron chi connectivity index (χ3n) is 3.90. The maximum Gasteiger partial charge on any atom is 0.158 e. The second kappa shape index (κ2) is 9.76. The lowest BCUT2D eigenvalue weighted by molar-refractivity contribution is -0.141. The van der Waals surface area contributed by atoms with Crippen LogP contribution in [0.15, 0.2) is 0 Å².